The summed E-state index contributed by atoms with van der Waals surface area (Å²) >= 11 is 0. The zero-order valence-corrected chi connectivity index (χ0v) is 11.2. The minimum Gasteiger partial charge on any atom is -0.495 e. The Labute approximate surface area is 112 Å². The Morgan fingerprint density at radius 3 is 2.84 bits per heavy atom. The van der Waals surface area contributed by atoms with Crippen LogP contribution in [-0.4, -0.2) is 19.7 Å². The number of nitrogens with one attached hydrogen (secondary N) is 1. The van der Waals surface area contributed by atoms with E-state index in [4.69, 9.17) is 14.7 Å². The van der Waals surface area contributed by atoms with E-state index in [1.807, 2.05) is 25.1 Å². The molecule has 0 amide bonds. The highest BCUT2D eigenvalue weighted by atomic mass is 16.5. The number of benzene rings is 1. The van der Waals surface area contributed by atoms with Gasteiger partial charge in [0.1, 0.15) is 11.8 Å². The fraction of sp³-hybridized carbons (Fsp3) is 0.286. The Morgan fingerprint density at radius 1 is 1.53 bits per heavy atom. The molecule has 0 aliphatic carbocycles. The Hall–Kier alpha value is -2.48. The van der Waals surface area contributed by atoms with Crippen molar-refractivity contribution in [2.24, 2.45) is 0 Å². The third-order valence-corrected chi connectivity index (χ3v) is 2.34. The number of esters is 1. The van der Waals surface area contributed by atoms with Gasteiger partial charge in [0.25, 0.3) is 0 Å². The second kappa shape index (κ2) is 7.07. The summed E-state index contributed by atoms with van der Waals surface area (Å²) < 4.78 is 9.95. The van der Waals surface area contributed by atoms with Gasteiger partial charge in [0.15, 0.2) is 5.57 Å². The Bertz CT molecular complexity index is 530. The highest BCUT2D eigenvalue weighted by Crippen LogP contribution is 2.25. The number of hydrogen-bond donors (Lipinski definition) is 1. The van der Waals surface area contributed by atoms with Crippen LogP contribution in [0, 0.1) is 18.3 Å². The molecular weight excluding hydrogens is 244 g/mol. The molecule has 0 aromatic heterocycles. The van der Waals surface area contributed by atoms with Crippen LogP contribution in [0.5, 0.6) is 5.75 Å². The molecule has 0 saturated heterocycles. The molecule has 0 unspecified atom stereocenters. The summed E-state index contributed by atoms with van der Waals surface area (Å²) in [6.07, 6.45) is 1.31. The lowest BCUT2D eigenvalue weighted by Gasteiger charge is -2.09. The van der Waals surface area contributed by atoms with Crippen molar-refractivity contribution in [1.82, 2.24) is 0 Å². The molecule has 0 aliphatic heterocycles. The van der Waals surface area contributed by atoms with Gasteiger partial charge < -0.3 is 14.8 Å². The van der Waals surface area contributed by atoms with E-state index in [1.54, 1.807) is 20.1 Å². The van der Waals surface area contributed by atoms with Crippen molar-refractivity contribution in [3.05, 3.63) is 35.5 Å². The third-order valence-electron chi connectivity index (χ3n) is 2.34. The Kier molecular flexibility index (Phi) is 5.42. The van der Waals surface area contributed by atoms with Crippen molar-refractivity contribution in [3.63, 3.8) is 0 Å². The number of nitriles is 1. The van der Waals surface area contributed by atoms with Gasteiger partial charge in [-0.25, -0.2) is 4.79 Å². The Balaban J connectivity index is 2.93. The standard InChI is InChI=1S/C14H16N2O3/c1-4-19-14(17)11(8-15)9-16-12-7-10(2)5-6-13(12)18-3/h5-7,9,16H,4H2,1-3H3/b11-9+. The number of hydrogen-bond acceptors (Lipinski definition) is 5. The molecule has 100 valence electrons. The van der Waals surface area contributed by atoms with Crippen molar-refractivity contribution in [3.8, 4) is 11.8 Å². The number of rotatable bonds is 5. The van der Waals surface area contributed by atoms with E-state index in [-0.39, 0.29) is 12.2 Å². The first-order chi connectivity index (χ1) is 9.12. The molecule has 0 bridgehead atoms. The van der Waals surface area contributed by atoms with Gasteiger partial charge in [0.05, 0.1) is 19.4 Å². The molecule has 0 spiro atoms. The summed E-state index contributed by atoms with van der Waals surface area (Å²) in [6, 6.07) is 7.36. The number of nitrogens with zero attached hydrogens (tertiary/aromatic N) is 1. The van der Waals surface area contributed by atoms with Gasteiger partial charge in [-0.05, 0) is 31.5 Å². The van der Waals surface area contributed by atoms with Crippen molar-refractivity contribution in [2.45, 2.75) is 13.8 Å². The van der Waals surface area contributed by atoms with E-state index in [1.165, 1.54) is 6.20 Å². The fourth-order valence-electron chi connectivity index (χ4n) is 1.43. The van der Waals surface area contributed by atoms with Crippen molar-refractivity contribution < 1.29 is 14.3 Å². The summed E-state index contributed by atoms with van der Waals surface area (Å²) in [5.41, 5.74) is 1.62. The predicted octanol–water partition coefficient (Wildman–Crippen LogP) is 2.39. The highest BCUT2D eigenvalue weighted by molar-refractivity contribution is 5.93. The molecule has 0 heterocycles. The van der Waals surface area contributed by atoms with Crippen LogP contribution in [0.1, 0.15) is 12.5 Å². The van der Waals surface area contributed by atoms with Crippen LogP contribution in [-0.2, 0) is 9.53 Å². The van der Waals surface area contributed by atoms with Gasteiger partial charge in [0, 0.05) is 6.20 Å². The summed E-state index contributed by atoms with van der Waals surface area (Å²) in [5.74, 6) is -0.0212. The van der Waals surface area contributed by atoms with Crippen LogP contribution in [0.2, 0.25) is 0 Å². The van der Waals surface area contributed by atoms with E-state index in [2.05, 4.69) is 5.32 Å². The van der Waals surface area contributed by atoms with E-state index in [9.17, 15) is 4.79 Å². The lowest BCUT2D eigenvalue weighted by Crippen LogP contribution is -2.08. The average Bonchev–Trinajstić information content (AvgIpc) is 2.40. The molecular formula is C14H16N2O3. The van der Waals surface area contributed by atoms with Crippen molar-refractivity contribution in [1.29, 1.82) is 5.26 Å². The molecule has 1 aromatic carbocycles. The highest BCUT2D eigenvalue weighted by Gasteiger charge is 2.10. The van der Waals surface area contributed by atoms with Gasteiger partial charge in [-0.1, -0.05) is 6.07 Å². The number of carbonyl (C=O) groups excluding carboxylic acids is 1. The van der Waals surface area contributed by atoms with Gasteiger partial charge in [-0.15, -0.1) is 0 Å². The maximum atomic E-state index is 11.4. The summed E-state index contributed by atoms with van der Waals surface area (Å²) in [6.45, 7) is 3.85. The molecule has 0 saturated carbocycles. The zero-order chi connectivity index (χ0) is 14.3. The second-order valence-corrected chi connectivity index (χ2v) is 3.74. The number of anilines is 1. The molecule has 5 heteroatoms. The molecule has 1 rings (SSSR count). The average molecular weight is 260 g/mol. The number of aryl methyl sites for hydroxylation is 1. The topological polar surface area (TPSA) is 71.4 Å². The zero-order valence-electron chi connectivity index (χ0n) is 11.2. The first kappa shape index (κ1) is 14.6. The largest absolute Gasteiger partial charge is 0.495 e. The monoisotopic (exact) mass is 260 g/mol. The molecule has 0 fully saturated rings. The molecule has 5 nitrogen and oxygen atoms in total. The minimum atomic E-state index is -0.649. The molecule has 0 radical (unpaired) electrons. The van der Waals surface area contributed by atoms with E-state index in [0.717, 1.165) is 5.56 Å². The van der Waals surface area contributed by atoms with Gasteiger partial charge >= 0.3 is 5.97 Å². The molecule has 0 atom stereocenters. The van der Waals surface area contributed by atoms with Crippen LogP contribution in [0.3, 0.4) is 0 Å². The molecule has 1 aromatic rings. The number of carbonyl (C=O) groups is 1. The normalized spacial score (nSPS) is 10.5. The summed E-state index contributed by atoms with van der Waals surface area (Å²) in [4.78, 5) is 11.4. The molecule has 1 N–H and O–H groups in total. The van der Waals surface area contributed by atoms with Crippen LogP contribution >= 0.6 is 0 Å². The van der Waals surface area contributed by atoms with Crippen LogP contribution in [0.15, 0.2) is 30.0 Å². The molecule has 0 aliphatic rings. The van der Waals surface area contributed by atoms with E-state index in [0.29, 0.717) is 11.4 Å². The predicted molar refractivity (Wildman–Crippen MR) is 71.7 cm³/mol. The van der Waals surface area contributed by atoms with Crippen LogP contribution in [0.25, 0.3) is 0 Å². The summed E-state index contributed by atoms with van der Waals surface area (Å²) in [5, 5.41) is 11.8. The quantitative estimate of drug-likeness (QED) is 0.500. The van der Waals surface area contributed by atoms with Gasteiger partial charge in [-0.2, -0.15) is 5.26 Å². The van der Waals surface area contributed by atoms with Crippen molar-refractivity contribution in [2.75, 3.05) is 19.0 Å². The van der Waals surface area contributed by atoms with Crippen LogP contribution in [0.4, 0.5) is 5.69 Å². The fourth-order valence-corrected chi connectivity index (χ4v) is 1.43. The first-order valence-corrected chi connectivity index (χ1v) is 5.81. The smallest absolute Gasteiger partial charge is 0.350 e. The molecule has 19 heavy (non-hydrogen) atoms. The van der Waals surface area contributed by atoms with Gasteiger partial charge in [-0.3, -0.25) is 0 Å². The Morgan fingerprint density at radius 2 is 2.26 bits per heavy atom. The van der Waals surface area contributed by atoms with Gasteiger partial charge in [0.2, 0.25) is 0 Å². The number of methoxy groups -OCH3 is 1. The first-order valence-electron chi connectivity index (χ1n) is 5.81. The third kappa shape index (κ3) is 4.03. The SMILES string of the molecule is CCOC(=O)/C(C#N)=C/Nc1cc(C)ccc1OC. The lowest BCUT2D eigenvalue weighted by atomic mass is 10.2. The van der Waals surface area contributed by atoms with E-state index >= 15 is 0 Å². The van der Waals surface area contributed by atoms with E-state index < -0.39 is 5.97 Å². The van der Waals surface area contributed by atoms with Crippen LogP contribution < -0.4 is 10.1 Å². The maximum Gasteiger partial charge on any atom is 0.350 e. The number of ether oxygens (including phenoxy) is 2. The summed E-state index contributed by atoms with van der Waals surface area (Å²) in [7, 11) is 1.55. The van der Waals surface area contributed by atoms with Crippen molar-refractivity contribution >= 4 is 11.7 Å². The second-order valence-electron chi connectivity index (χ2n) is 3.74. The maximum absolute atomic E-state index is 11.4. The lowest BCUT2D eigenvalue weighted by molar-refractivity contribution is -0.138. The minimum absolute atomic E-state index is 0.0922.